The Hall–Kier alpha value is -3.64. The van der Waals surface area contributed by atoms with Crippen molar-refractivity contribution in [2.75, 3.05) is 5.32 Å². The van der Waals surface area contributed by atoms with Crippen LogP contribution in [0.15, 0.2) is 60.9 Å². The van der Waals surface area contributed by atoms with E-state index >= 15 is 0 Å². The Morgan fingerprint density at radius 2 is 1.90 bits per heavy atom. The summed E-state index contributed by atoms with van der Waals surface area (Å²) in [6.45, 7) is 1.02. The Labute approximate surface area is 170 Å². The zero-order chi connectivity index (χ0) is 21.9. The van der Waals surface area contributed by atoms with E-state index in [0.717, 1.165) is 17.2 Å². The summed E-state index contributed by atoms with van der Waals surface area (Å²) >= 11 is 0. The predicted molar refractivity (Wildman–Crippen MR) is 103 cm³/mol. The summed E-state index contributed by atoms with van der Waals surface area (Å²) < 4.78 is 40.7. The Balaban J connectivity index is 1.75. The predicted octanol–water partition coefficient (Wildman–Crippen LogP) is 3.83. The maximum Gasteiger partial charge on any atom is 0.417 e. The van der Waals surface area contributed by atoms with Gasteiger partial charge in [-0.2, -0.15) is 23.5 Å². The van der Waals surface area contributed by atoms with Gasteiger partial charge in [-0.25, -0.2) is 0 Å². The number of hydrogen-bond acceptors (Lipinski definition) is 4. The molecule has 154 valence electrons. The highest BCUT2D eigenvalue weighted by atomic mass is 19.4. The largest absolute Gasteiger partial charge is 0.417 e. The average molecular weight is 414 g/mol. The minimum Gasteiger partial charge on any atom is -0.378 e. The fourth-order valence-corrected chi connectivity index (χ4v) is 2.84. The fraction of sp³-hybridized carbons (Fsp3) is 0.190. The van der Waals surface area contributed by atoms with Crippen molar-refractivity contribution in [3.63, 3.8) is 0 Å². The number of carbonyl (C=O) groups is 1. The Bertz CT molecular complexity index is 1100. The standard InChI is InChI=1S/C21H17F3N4O2/c1-20(30,13-28-12-16(11-26-28)14-5-3-2-4-6-14)19(29)27-17-8-7-15(10-25)18(9-17)21(22,23)24/h2-9,11-12,30H,13H2,1H3,(H,27,29). The van der Waals surface area contributed by atoms with Crippen molar-refractivity contribution in [1.29, 1.82) is 5.26 Å². The second-order valence-corrected chi connectivity index (χ2v) is 6.89. The highest BCUT2D eigenvalue weighted by molar-refractivity contribution is 5.96. The van der Waals surface area contributed by atoms with Gasteiger partial charge in [-0.05, 0) is 30.7 Å². The Morgan fingerprint density at radius 1 is 1.20 bits per heavy atom. The van der Waals surface area contributed by atoms with Gasteiger partial charge in [0.25, 0.3) is 5.91 Å². The van der Waals surface area contributed by atoms with E-state index < -0.39 is 28.8 Å². The van der Waals surface area contributed by atoms with E-state index in [1.54, 1.807) is 12.4 Å². The van der Waals surface area contributed by atoms with E-state index in [9.17, 15) is 23.1 Å². The molecule has 2 aromatic carbocycles. The Kier molecular flexibility index (Phi) is 5.62. The third kappa shape index (κ3) is 4.67. The van der Waals surface area contributed by atoms with E-state index in [1.807, 2.05) is 30.3 Å². The quantitative estimate of drug-likeness (QED) is 0.664. The second-order valence-electron chi connectivity index (χ2n) is 6.89. The first-order valence-corrected chi connectivity index (χ1v) is 8.83. The first-order valence-electron chi connectivity index (χ1n) is 8.83. The van der Waals surface area contributed by atoms with Gasteiger partial charge in [-0.3, -0.25) is 9.48 Å². The summed E-state index contributed by atoms with van der Waals surface area (Å²) in [7, 11) is 0. The number of nitriles is 1. The van der Waals surface area contributed by atoms with Crippen molar-refractivity contribution >= 4 is 11.6 Å². The molecule has 3 rings (SSSR count). The molecule has 30 heavy (non-hydrogen) atoms. The molecule has 0 spiro atoms. The number of hydrogen-bond donors (Lipinski definition) is 2. The molecular weight excluding hydrogens is 397 g/mol. The molecule has 1 amide bonds. The SMILES string of the molecule is CC(O)(Cn1cc(-c2ccccc2)cn1)C(=O)Nc1ccc(C#N)c(C(F)(F)F)c1. The van der Waals surface area contributed by atoms with Gasteiger partial charge in [-0.1, -0.05) is 30.3 Å². The van der Waals surface area contributed by atoms with Gasteiger partial charge >= 0.3 is 6.18 Å². The van der Waals surface area contributed by atoms with E-state index in [-0.39, 0.29) is 12.2 Å². The number of aromatic nitrogens is 2. The molecule has 0 saturated carbocycles. The summed E-state index contributed by atoms with van der Waals surface area (Å²) in [5, 5.41) is 25.8. The van der Waals surface area contributed by atoms with Crippen LogP contribution < -0.4 is 5.32 Å². The number of anilines is 1. The van der Waals surface area contributed by atoms with Gasteiger partial charge in [0.05, 0.1) is 29.9 Å². The van der Waals surface area contributed by atoms with Crippen LogP contribution in [0.4, 0.5) is 18.9 Å². The van der Waals surface area contributed by atoms with Crippen LogP contribution in [0.5, 0.6) is 0 Å². The topological polar surface area (TPSA) is 90.9 Å². The van der Waals surface area contributed by atoms with Crippen LogP contribution in [0.1, 0.15) is 18.1 Å². The molecule has 1 heterocycles. The minimum absolute atomic E-state index is 0.183. The lowest BCUT2D eigenvalue weighted by Gasteiger charge is -2.22. The lowest BCUT2D eigenvalue weighted by atomic mass is 10.0. The molecule has 0 aliphatic heterocycles. The summed E-state index contributed by atoms with van der Waals surface area (Å²) in [4.78, 5) is 12.5. The number of nitrogens with one attached hydrogen (secondary N) is 1. The fourth-order valence-electron chi connectivity index (χ4n) is 2.84. The molecule has 2 N–H and O–H groups in total. The number of rotatable bonds is 5. The molecule has 0 saturated heterocycles. The number of aliphatic hydroxyl groups is 1. The molecule has 9 heteroatoms. The van der Waals surface area contributed by atoms with E-state index in [2.05, 4.69) is 10.4 Å². The van der Waals surface area contributed by atoms with E-state index in [1.165, 1.54) is 23.7 Å². The lowest BCUT2D eigenvalue weighted by molar-refractivity contribution is -0.138. The zero-order valence-electron chi connectivity index (χ0n) is 15.8. The van der Waals surface area contributed by atoms with E-state index in [4.69, 9.17) is 5.26 Å². The summed E-state index contributed by atoms with van der Waals surface area (Å²) in [5.74, 6) is -0.905. The molecule has 0 fully saturated rings. The van der Waals surface area contributed by atoms with Crippen molar-refractivity contribution < 1.29 is 23.1 Å². The monoisotopic (exact) mass is 414 g/mol. The average Bonchev–Trinajstić information content (AvgIpc) is 3.15. The molecule has 0 aliphatic rings. The zero-order valence-corrected chi connectivity index (χ0v) is 15.8. The van der Waals surface area contributed by atoms with Gasteiger partial charge in [0.2, 0.25) is 0 Å². The molecular formula is C21H17F3N4O2. The molecule has 0 radical (unpaired) electrons. The van der Waals surface area contributed by atoms with Gasteiger partial charge in [0.15, 0.2) is 5.60 Å². The van der Waals surface area contributed by atoms with Crippen LogP contribution in [0.25, 0.3) is 11.1 Å². The summed E-state index contributed by atoms with van der Waals surface area (Å²) in [6, 6.07) is 13.6. The highest BCUT2D eigenvalue weighted by Gasteiger charge is 2.35. The number of alkyl halides is 3. The first-order chi connectivity index (χ1) is 14.1. The summed E-state index contributed by atoms with van der Waals surface area (Å²) in [6.07, 6.45) is -1.52. The van der Waals surface area contributed by atoms with Crippen LogP contribution in [0.3, 0.4) is 0 Å². The Morgan fingerprint density at radius 3 is 2.53 bits per heavy atom. The van der Waals surface area contributed by atoms with Gasteiger partial charge < -0.3 is 10.4 Å². The molecule has 0 aliphatic carbocycles. The number of amides is 1. The number of benzene rings is 2. The maximum absolute atomic E-state index is 13.1. The van der Waals surface area contributed by atoms with Gasteiger partial charge in [0.1, 0.15) is 0 Å². The second kappa shape index (κ2) is 8.00. The van der Waals surface area contributed by atoms with Crippen molar-refractivity contribution in [2.45, 2.75) is 25.2 Å². The van der Waals surface area contributed by atoms with Gasteiger partial charge in [-0.15, -0.1) is 0 Å². The summed E-state index contributed by atoms with van der Waals surface area (Å²) in [5.41, 5.74) is -2.16. The van der Waals surface area contributed by atoms with Crippen molar-refractivity contribution in [1.82, 2.24) is 9.78 Å². The number of halogens is 3. The lowest BCUT2D eigenvalue weighted by Crippen LogP contribution is -2.43. The van der Waals surface area contributed by atoms with Gasteiger partial charge in [0, 0.05) is 17.4 Å². The molecule has 1 unspecified atom stereocenters. The van der Waals surface area contributed by atoms with Crippen molar-refractivity contribution in [2.24, 2.45) is 0 Å². The van der Waals surface area contributed by atoms with Crippen LogP contribution in [0.2, 0.25) is 0 Å². The minimum atomic E-state index is -4.75. The van der Waals surface area contributed by atoms with Crippen molar-refractivity contribution in [3.05, 3.63) is 72.1 Å². The number of carbonyl (C=O) groups excluding carboxylic acids is 1. The third-order valence-corrected chi connectivity index (χ3v) is 4.40. The molecule has 1 aromatic heterocycles. The normalized spacial score (nSPS) is 13.3. The molecule has 3 aromatic rings. The first kappa shape index (κ1) is 21.1. The van der Waals surface area contributed by atoms with Crippen LogP contribution in [0, 0.1) is 11.3 Å². The third-order valence-electron chi connectivity index (χ3n) is 4.40. The molecule has 0 bridgehead atoms. The maximum atomic E-state index is 13.1. The van der Waals surface area contributed by atoms with Crippen LogP contribution in [-0.2, 0) is 17.5 Å². The van der Waals surface area contributed by atoms with E-state index in [0.29, 0.717) is 6.07 Å². The van der Waals surface area contributed by atoms with Crippen LogP contribution in [-0.4, -0.2) is 26.4 Å². The molecule has 1 atom stereocenters. The highest BCUT2D eigenvalue weighted by Crippen LogP contribution is 2.33. The molecule has 6 nitrogen and oxygen atoms in total. The van der Waals surface area contributed by atoms with Crippen molar-refractivity contribution in [3.8, 4) is 17.2 Å². The smallest absolute Gasteiger partial charge is 0.378 e. The van der Waals surface area contributed by atoms with Crippen LogP contribution >= 0.6 is 0 Å². The number of nitrogens with zero attached hydrogens (tertiary/aromatic N) is 3.